The molecule has 0 aliphatic rings. The summed E-state index contributed by atoms with van der Waals surface area (Å²) in [6.07, 6.45) is 0.292. The molecule has 0 spiro atoms. The molecular weight excluding hydrogens is 396 g/mol. The van der Waals surface area contributed by atoms with Crippen molar-refractivity contribution in [2.45, 2.75) is 4.90 Å². The van der Waals surface area contributed by atoms with Gasteiger partial charge in [0.2, 0.25) is 0 Å². The standard InChI is InChI=1S/C15H12N4O8S/c20-8-12(15(22)16-9-4-2-1-3-5-9)18-17-11-6-10(19(23)24)7-13(14(11)21)28(25,26)27/h1-8,20-21H,(H,16,22)(H,25,26,27)/b12-8-,18-17?. The summed E-state index contributed by atoms with van der Waals surface area (Å²) in [5.74, 6) is -2.03. The van der Waals surface area contributed by atoms with E-state index >= 15 is 0 Å². The number of rotatable bonds is 6. The molecule has 13 heteroatoms. The fraction of sp³-hybridized carbons (Fsp3) is 0. The van der Waals surface area contributed by atoms with Crippen LogP contribution in [0.5, 0.6) is 5.75 Å². The van der Waals surface area contributed by atoms with Gasteiger partial charge in [-0.2, -0.15) is 8.42 Å². The van der Waals surface area contributed by atoms with Crippen molar-refractivity contribution in [2.24, 2.45) is 10.2 Å². The smallest absolute Gasteiger partial charge is 0.298 e. The maximum Gasteiger partial charge on any atom is 0.298 e. The lowest BCUT2D eigenvalue weighted by molar-refractivity contribution is -0.385. The first-order valence-electron chi connectivity index (χ1n) is 7.25. The minimum absolute atomic E-state index is 0.292. The van der Waals surface area contributed by atoms with Crippen molar-refractivity contribution >= 4 is 33.1 Å². The molecule has 0 unspecified atom stereocenters. The Morgan fingerprint density at radius 1 is 1.21 bits per heavy atom. The quantitative estimate of drug-likeness (QED) is 0.140. The lowest BCUT2D eigenvalue weighted by Crippen LogP contribution is -2.13. The van der Waals surface area contributed by atoms with Gasteiger partial charge in [0.1, 0.15) is 16.8 Å². The Morgan fingerprint density at radius 3 is 2.39 bits per heavy atom. The van der Waals surface area contributed by atoms with Gasteiger partial charge >= 0.3 is 0 Å². The van der Waals surface area contributed by atoms with Crippen LogP contribution in [-0.4, -0.2) is 34.0 Å². The minimum Gasteiger partial charge on any atom is -0.513 e. The number of non-ortho nitro benzene ring substituents is 1. The highest BCUT2D eigenvalue weighted by Crippen LogP contribution is 2.37. The second kappa shape index (κ2) is 8.24. The van der Waals surface area contributed by atoms with Crippen molar-refractivity contribution in [1.82, 2.24) is 0 Å². The number of hydrogen-bond acceptors (Lipinski definition) is 9. The molecule has 28 heavy (non-hydrogen) atoms. The Bertz CT molecular complexity index is 1080. The van der Waals surface area contributed by atoms with E-state index in [9.17, 15) is 28.4 Å². The Hall–Kier alpha value is -3.84. The van der Waals surface area contributed by atoms with E-state index in [1.807, 2.05) is 0 Å². The number of amides is 1. The third-order valence-corrected chi connectivity index (χ3v) is 4.05. The first-order valence-corrected chi connectivity index (χ1v) is 8.69. The lowest BCUT2D eigenvalue weighted by Gasteiger charge is -2.05. The van der Waals surface area contributed by atoms with Crippen molar-refractivity contribution in [3.05, 3.63) is 64.5 Å². The SMILES string of the molecule is O=C(Nc1ccccc1)/C(=C/O)N=Nc1cc([N+](=O)[O-])cc(S(=O)(=O)O)c1O. The molecular formula is C15H12N4O8S. The van der Waals surface area contributed by atoms with E-state index in [0.29, 0.717) is 24.1 Å². The highest BCUT2D eigenvalue weighted by molar-refractivity contribution is 7.86. The average Bonchev–Trinajstić information content (AvgIpc) is 2.63. The van der Waals surface area contributed by atoms with Crippen molar-refractivity contribution in [3.8, 4) is 5.75 Å². The number of carbonyl (C=O) groups excluding carboxylic acids is 1. The van der Waals surface area contributed by atoms with Crippen LogP contribution in [0.15, 0.2) is 69.5 Å². The minimum atomic E-state index is -5.01. The number of benzene rings is 2. The van der Waals surface area contributed by atoms with Gasteiger partial charge in [-0.1, -0.05) is 18.2 Å². The number of nitro benzene ring substituents is 1. The maximum atomic E-state index is 12.1. The number of nitro groups is 1. The van der Waals surface area contributed by atoms with Gasteiger partial charge in [0.05, 0.1) is 4.92 Å². The predicted octanol–water partition coefficient (Wildman–Crippen LogP) is 2.67. The zero-order valence-corrected chi connectivity index (χ0v) is 14.6. The molecule has 0 aromatic heterocycles. The molecule has 0 fully saturated rings. The van der Waals surface area contributed by atoms with E-state index in [1.165, 1.54) is 0 Å². The number of anilines is 1. The average molecular weight is 408 g/mol. The number of aliphatic hydroxyl groups excluding tert-OH is 1. The highest BCUT2D eigenvalue weighted by atomic mass is 32.2. The van der Waals surface area contributed by atoms with Crippen LogP contribution in [0.3, 0.4) is 0 Å². The number of azo groups is 1. The number of phenolic OH excluding ortho intramolecular Hbond substituents is 1. The van der Waals surface area contributed by atoms with Gasteiger partial charge in [-0.25, -0.2) is 0 Å². The summed E-state index contributed by atoms with van der Waals surface area (Å²) in [5.41, 5.74) is -1.83. The molecule has 0 aliphatic heterocycles. The molecule has 0 heterocycles. The van der Waals surface area contributed by atoms with E-state index in [1.54, 1.807) is 30.3 Å². The fourth-order valence-electron chi connectivity index (χ4n) is 1.91. The van der Waals surface area contributed by atoms with Gasteiger partial charge in [0, 0.05) is 17.8 Å². The van der Waals surface area contributed by atoms with Crippen LogP contribution < -0.4 is 5.32 Å². The molecule has 0 bridgehead atoms. The summed E-state index contributed by atoms with van der Waals surface area (Å²) in [6, 6.07) is 9.17. The van der Waals surface area contributed by atoms with Crippen LogP contribution in [0, 0.1) is 10.1 Å². The first kappa shape index (κ1) is 20.5. The van der Waals surface area contributed by atoms with Crippen molar-refractivity contribution in [3.63, 3.8) is 0 Å². The van der Waals surface area contributed by atoms with E-state index in [4.69, 9.17) is 9.66 Å². The summed E-state index contributed by atoms with van der Waals surface area (Å²) < 4.78 is 31.6. The number of aliphatic hydroxyl groups is 1. The largest absolute Gasteiger partial charge is 0.513 e. The Morgan fingerprint density at radius 2 is 1.86 bits per heavy atom. The number of hydrogen-bond donors (Lipinski definition) is 4. The molecule has 0 atom stereocenters. The molecule has 0 saturated heterocycles. The molecule has 2 aromatic carbocycles. The number of phenols is 1. The molecule has 4 N–H and O–H groups in total. The third kappa shape index (κ3) is 4.87. The lowest BCUT2D eigenvalue weighted by atomic mass is 10.2. The number of nitrogens with zero attached hydrogens (tertiary/aromatic N) is 3. The topological polar surface area (TPSA) is 192 Å². The Kier molecular flexibility index (Phi) is 6.02. The van der Waals surface area contributed by atoms with Crippen molar-refractivity contribution in [2.75, 3.05) is 5.32 Å². The van der Waals surface area contributed by atoms with Gasteiger partial charge in [0.25, 0.3) is 21.7 Å². The van der Waals surface area contributed by atoms with E-state index in [2.05, 4.69) is 15.5 Å². The van der Waals surface area contributed by atoms with Gasteiger partial charge in [-0.15, -0.1) is 10.2 Å². The summed E-state index contributed by atoms with van der Waals surface area (Å²) in [6.45, 7) is 0. The van der Waals surface area contributed by atoms with Crippen LogP contribution in [0.25, 0.3) is 0 Å². The van der Waals surface area contributed by atoms with Crippen LogP contribution in [0.4, 0.5) is 17.1 Å². The number of carbonyl (C=O) groups is 1. The molecule has 0 aliphatic carbocycles. The fourth-order valence-corrected chi connectivity index (χ4v) is 2.53. The summed E-state index contributed by atoms with van der Waals surface area (Å²) in [4.78, 5) is 20.8. The van der Waals surface area contributed by atoms with Crippen LogP contribution in [-0.2, 0) is 14.9 Å². The third-order valence-electron chi connectivity index (χ3n) is 3.18. The highest BCUT2D eigenvalue weighted by Gasteiger charge is 2.24. The molecule has 0 saturated carbocycles. The zero-order chi connectivity index (χ0) is 20.9. The van der Waals surface area contributed by atoms with Crippen molar-refractivity contribution in [1.29, 1.82) is 0 Å². The van der Waals surface area contributed by atoms with Gasteiger partial charge in [-0.3, -0.25) is 19.5 Å². The van der Waals surface area contributed by atoms with Crippen molar-refractivity contribution < 1.29 is 32.9 Å². The second-order valence-corrected chi connectivity index (χ2v) is 6.47. The van der Waals surface area contributed by atoms with Gasteiger partial charge in [-0.05, 0) is 12.1 Å². The number of para-hydroxylation sites is 1. The number of aromatic hydroxyl groups is 1. The molecule has 0 radical (unpaired) electrons. The summed E-state index contributed by atoms with van der Waals surface area (Å²) in [5, 5.41) is 39.1. The van der Waals surface area contributed by atoms with Crippen LogP contribution in [0.1, 0.15) is 0 Å². The van der Waals surface area contributed by atoms with Gasteiger partial charge < -0.3 is 15.5 Å². The van der Waals surface area contributed by atoms with E-state index in [-0.39, 0.29) is 0 Å². The predicted molar refractivity (Wildman–Crippen MR) is 94.9 cm³/mol. The molecule has 2 aromatic rings. The van der Waals surface area contributed by atoms with Crippen LogP contribution in [0.2, 0.25) is 0 Å². The molecule has 1 amide bonds. The van der Waals surface area contributed by atoms with E-state index in [0.717, 1.165) is 0 Å². The molecule has 2 rings (SSSR count). The normalized spacial score (nSPS) is 12.1. The molecule has 146 valence electrons. The Labute approximate surface area is 157 Å². The zero-order valence-electron chi connectivity index (χ0n) is 13.8. The van der Waals surface area contributed by atoms with E-state index < -0.39 is 48.7 Å². The first-order chi connectivity index (χ1) is 13.1. The summed E-state index contributed by atoms with van der Waals surface area (Å²) >= 11 is 0. The number of nitrogens with one attached hydrogen (secondary N) is 1. The molecule has 12 nitrogen and oxygen atoms in total. The summed E-state index contributed by atoms with van der Waals surface area (Å²) in [7, 11) is -5.01. The van der Waals surface area contributed by atoms with Gasteiger partial charge in [0.15, 0.2) is 11.4 Å². The monoisotopic (exact) mass is 408 g/mol. The Balaban J connectivity index is 2.39. The van der Waals surface area contributed by atoms with Crippen LogP contribution >= 0.6 is 0 Å². The maximum absolute atomic E-state index is 12.1. The second-order valence-electron chi connectivity index (χ2n) is 5.08.